The monoisotopic (exact) mass is 409 g/mol. The fourth-order valence-electron chi connectivity index (χ4n) is 3.99. The summed E-state index contributed by atoms with van der Waals surface area (Å²) in [5.74, 6) is -0.0222. The first-order valence-electron chi connectivity index (χ1n) is 9.97. The van der Waals surface area contributed by atoms with Gasteiger partial charge in [-0.2, -0.15) is 0 Å². The van der Waals surface area contributed by atoms with E-state index in [0.717, 1.165) is 17.1 Å². The predicted octanol–water partition coefficient (Wildman–Crippen LogP) is 3.47. The van der Waals surface area contributed by atoms with Crippen LogP contribution in [0.2, 0.25) is 0 Å². The standard InChI is InChI=1S/C23H24FN3O3/c1-16-14-20(17(2)27(16)19-7-5-18(24)6-8-19)21(28)15-25-9-11-26(12-10-25)23(29)22-4-3-13-30-22/h3-8,13-14H,9-12,15H2,1-2H3. The molecule has 0 saturated carbocycles. The molecule has 7 heteroatoms. The molecule has 1 aliphatic heterocycles. The molecule has 1 aromatic carbocycles. The number of furan rings is 1. The summed E-state index contributed by atoms with van der Waals surface area (Å²) in [6.07, 6.45) is 1.49. The van der Waals surface area contributed by atoms with Crippen molar-refractivity contribution in [2.75, 3.05) is 32.7 Å². The molecule has 0 spiro atoms. The fourth-order valence-corrected chi connectivity index (χ4v) is 3.99. The molecule has 4 rings (SSSR count). The second-order valence-electron chi connectivity index (χ2n) is 7.57. The number of nitrogens with zero attached hydrogens (tertiary/aromatic N) is 3. The molecule has 0 bridgehead atoms. The van der Waals surface area contributed by atoms with Gasteiger partial charge in [-0.05, 0) is 56.3 Å². The van der Waals surface area contributed by atoms with Crippen LogP contribution in [-0.2, 0) is 0 Å². The zero-order valence-corrected chi connectivity index (χ0v) is 17.1. The van der Waals surface area contributed by atoms with Crippen LogP contribution in [0.4, 0.5) is 4.39 Å². The topological polar surface area (TPSA) is 58.7 Å². The van der Waals surface area contributed by atoms with Gasteiger partial charge < -0.3 is 13.9 Å². The molecule has 1 fully saturated rings. The number of benzene rings is 1. The Bertz CT molecular complexity index is 1050. The summed E-state index contributed by atoms with van der Waals surface area (Å²) in [5, 5.41) is 0. The molecule has 156 valence electrons. The van der Waals surface area contributed by atoms with Crippen LogP contribution in [0, 0.1) is 19.7 Å². The van der Waals surface area contributed by atoms with Crippen LogP contribution in [0.1, 0.15) is 32.3 Å². The van der Waals surface area contributed by atoms with Crippen molar-refractivity contribution in [2.45, 2.75) is 13.8 Å². The van der Waals surface area contributed by atoms with Crippen LogP contribution in [0.3, 0.4) is 0 Å². The molecule has 1 saturated heterocycles. The summed E-state index contributed by atoms with van der Waals surface area (Å²) >= 11 is 0. The summed E-state index contributed by atoms with van der Waals surface area (Å²) in [4.78, 5) is 29.2. The summed E-state index contributed by atoms with van der Waals surface area (Å²) in [5.41, 5.74) is 3.27. The number of carbonyl (C=O) groups is 2. The van der Waals surface area contributed by atoms with Crippen LogP contribution >= 0.6 is 0 Å². The van der Waals surface area contributed by atoms with Crippen molar-refractivity contribution in [1.29, 1.82) is 0 Å². The highest BCUT2D eigenvalue weighted by Crippen LogP contribution is 2.22. The van der Waals surface area contributed by atoms with Gasteiger partial charge in [0.05, 0.1) is 12.8 Å². The van der Waals surface area contributed by atoms with Gasteiger partial charge in [0.2, 0.25) is 0 Å². The molecule has 0 radical (unpaired) electrons. The third-order valence-electron chi connectivity index (χ3n) is 5.58. The number of Topliss-reactive ketones (excluding diaryl/α,β-unsaturated/α-hetero) is 1. The van der Waals surface area contributed by atoms with Gasteiger partial charge in [-0.1, -0.05) is 0 Å². The van der Waals surface area contributed by atoms with Crippen molar-refractivity contribution in [3.05, 3.63) is 77.3 Å². The normalized spacial score (nSPS) is 14.8. The maximum atomic E-state index is 13.3. The minimum Gasteiger partial charge on any atom is -0.459 e. The number of aryl methyl sites for hydroxylation is 1. The maximum absolute atomic E-state index is 13.3. The second kappa shape index (κ2) is 8.28. The van der Waals surface area contributed by atoms with E-state index >= 15 is 0 Å². The lowest BCUT2D eigenvalue weighted by molar-refractivity contribution is 0.0596. The van der Waals surface area contributed by atoms with Crippen molar-refractivity contribution in [1.82, 2.24) is 14.4 Å². The molecular weight excluding hydrogens is 385 g/mol. The molecule has 1 amide bonds. The lowest BCUT2D eigenvalue weighted by Gasteiger charge is -2.33. The Hall–Kier alpha value is -3.19. The number of ketones is 1. The number of hydrogen-bond donors (Lipinski definition) is 0. The van der Waals surface area contributed by atoms with Gasteiger partial charge in [0, 0.05) is 48.8 Å². The minimum atomic E-state index is -0.290. The molecule has 30 heavy (non-hydrogen) atoms. The lowest BCUT2D eigenvalue weighted by Crippen LogP contribution is -2.49. The highest BCUT2D eigenvalue weighted by atomic mass is 19.1. The molecule has 6 nitrogen and oxygen atoms in total. The van der Waals surface area contributed by atoms with Crippen molar-refractivity contribution >= 4 is 11.7 Å². The van der Waals surface area contributed by atoms with Gasteiger partial charge in [0.15, 0.2) is 11.5 Å². The number of aromatic nitrogens is 1. The number of piperazine rings is 1. The van der Waals surface area contributed by atoms with E-state index in [1.807, 2.05) is 24.5 Å². The Morgan fingerprint density at radius 2 is 1.73 bits per heavy atom. The van der Waals surface area contributed by atoms with Crippen LogP contribution in [0.5, 0.6) is 0 Å². The van der Waals surface area contributed by atoms with Crippen molar-refractivity contribution in [3.8, 4) is 5.69 Å². The largest absolute Gasteiger partial charge is 0.459 e. The average Bonchev–Trinajstić information content (AvgIpc) is 3.37. The molecule has 3 heterocycles. The van der Waals surface area contributed by atoms with Gasteiger partial charge in [-0.25, -0.2) is 4.39 Å². The quantitative estimate of drug-likeness (QED) is 0.606. The first-order chi connectivity index (χ1) is 14.4. The first-order valence-corrected chi connectivity index (χ1v) is 9.97. The molecule has 1 aliphatic rings. The van der Waals surface area contributed by atoms with Gasteiger partial charge in [0.1, 0.15) is 5.82 Å². The van der Waals surface area contributed by atoms with E-state index in [1.54, 1.807) is 29.2 Å². The Kier molecular flexibility index (Phi) is 5.55. The average molecular weight is 409 g/mol. The summed E-state index contributed by atoms with van der Waals surface area (Å²) in [6, 6.07) is 11.5. The molecule has 0 unspecified atom stereocenters. The third-order valence-corrected chi connectivity index (χ3v) is 5.58. The van der Waals surface area contributed by atoms with E-state index in [4.69, 9.17) is 4.42 Å². The molecule has 0 aliphatic carbocycles. The van der Waals surface area contributed by atoms with Gasteiger partial charge in [-0.3, -0.25) is 14.5 Å². The molecule has 3 aromatic rings. The van der Waals surface area contributed by atoms with Gasteiger partial charge in [0.25, 0.3) is 5.91 Å². The zero-order chi connectivity index (χ0) is 21.3. The van der Waals surface area contributed by atoms with Crippen LogP contribution in [0.25, 0.3) is 5.69 Å². The molecule has 0 atom stereocenters. The highest BCUT2D eigenvalue weighted by molar-refractivity contribution is 5.99. The number of amides is 1. The van der Waals surface area contributed by atoms with Crippen LogP contribution < -0.4 is 0 Å². The Labute approximate surface area is 174 Å². The SMILES string of the molecule is Cc1cc(C(=O)CN2CCN(C(=O)c3ccco3)CC2)c(C)n1-c1ccc(F)cc1. The minimum absolute atomic E-state index is 0.0438. The lowest BCUT2D eigenvalue weighted by atomic mass is 10.1. The van der Waals surface area contributed by atoms with Gasteiger partial charge in [-0.15, -0.1) is 0 Å². The zero-order valence-electron chi connectivity index (χ0n) is 17.1. The maximum Gasteiger partial charge on any atom is 0.289 e. The van der Waals surface area contributed by atoms with Gasteiger partial charge >= 0.3 is 0 Å². The van der Waals surface area contributed by atoms with Crippen molar-refractivity contribution in [3.63, 3.8) is 0 Å². The summed E-state index contributed by atoms with van der Waals surface area (Å²) in [6.45, 7) is 6.53. The summed E-state index contributed by atoms with van der Waals surface area (Å²) < 4.78 is 20.4. The smallest absolute Gasteiger partial charge is 0.289 e. The number of carbonyl (C=O) groups excluding carboxylic acids is 2. The Balaban J connectivity index is 1.41. The second-order valence-corrected chi connectivity index (χ2v) is 7.57. The fraction of sp³-hybridized carbons (Fsp3) is 0.304. The Morgan fingerprint density at radius 3 is 2.37 bits per heavy atom. The van der Waals surface area contributed by atoms with E-state index in [1.165, 1.54) is 18.4 Å². The first kappa shape index (κ1) is 20.1. The number of hydrogen-bond acceptors (Lipinski definition) is 4. The highest BCUT2D eigenvalue weighted by Gasteiger charge is 2.26. The van der Waals surface area contributed by atoms with Crippen LogP contribution in [0.15, 0.2) is 53.1 Å². The van der Waals surface area contributed by atoms with E-state index in [0.29, 0.717) is 44.0 Å². The molecule has 2 aromatic heterocycles. The third kappa shape index (κ3) is 3.93. The van der Waals surface area contributed by atoms with Crippen molar-refractivity contribution in [2.24, 2.45) is 0 Å². The Morgan fingerprint density at radius 1 is 1.03 bits per heavy atom. The van der Waals surface area contributed by atoms with E-state index < -0.39 is 0 Å². The van der Waals surface area contributed by atoms with E-state index in [-0.39, 0.29) is 17.5 Å². The van der Waals surface area contributed by atoms with Crippen molar-refractivity contribution < 1.29 is 18.4 Å². The van der Waals surface area contributed by atoms with E-state index in [9.17, 15) is 14.0 Å². The molecular formula is C23H24FN3O3. The van der Waals surface area contributed by atoms with Crippen LogP contribution in [-0.4, -0.2) is 58.8 Å². The summed E-state index contributed by atoms with van der Waals surface area (Å²) in [7, 11) is 0. The number of rotatable bonds is 5. The van der Waals surface area contributed by atoms with E-state index in [2.05, 4.69) is 4.90 Å². The predicted molar refractivity (Wildman–Crippen MR) is 111 cm³/mol. The number of halogens is 1. The molecule has 0 N–H and O–H groups in total.